The summed E-state index contributed by atoms with van der Waals surface area (Å²) in [5.74, 6) is 2.36. The monoisotopic (exact) mass is 279 g/mol. The highest BCUT2D eigenvalue weighted by Gasteiger charge is 2.23. The second-order valence-electron chi connectivity index (χ2n) is 4.07. The number of ether oxygens (including phenoxy) is 3. The Morgan fingerprint density at radius 3 is 2.30 bits per heavy atom. The maximum atomic E-state index is 6.16. The molecule has 0 radical (unpaired) electrons. The summed E-state index contributed by atoms with van der Waals surface area (Å²) < 4.78 is 20.9. The lowest BCUT2D eigenvalue weighted by Crippen LogP contribution is -2.15. The van der Waals surface area contributed by atoms with Crippen LogP contribution in [0.15, 0.2) is 16.7 Å². The van der Waals surface area contributed by atoms with Gasteiger partial charge in [-0.15, -0.1) is 0 Å². The van der Waals surface area contributed by atoms with E-state index in [1.165, 1.54) is 14.2 Å². The van der Waals surface area contributed by atoms with E-state index < -0.39 is 6.04 Å². The van der Waals surface area contributed by atoms with E-state index in [-0.39, 0.29) is 0 Å². The molecule has 2 rings (SSSR count). The normalized spacial score (nSPS) is 12.1. The fraction of sp³-hybridized carbons (Fsp3) is 0.385. The minimum atomic E-state index is -0.581. The molecule has 1 atom stereocenters. The number of hydrogen-bond acceptors (Lipinski definition) is 7. The first-order valence-corrected chi connectivity index (χ1v) is 5.97. The molecule has 0 spiro atoms. The summed E-state index contributed by atoms with van der Waals surface area (Å²) in [5, 5.41) is 3.83. The number of aromatic nitrogens is 2. The Morgan fingerprint density at radius 1 is 1.10 bits per heavy atom. The third kappa shape index (κ3) is 2.39. The van der Waals surface area contributed by atoms with Gasteiger partial charge in [0, 0.05) is 12.5 Å². The second-order valence-corrected chi connectivity index (χ2v) is 4.07. The van der Waals surface area contributed by atoms with E-state index in [1.54, 1.807) is 26.2 Å². The molecular weight excluding hydrogens is 262 g/mol. The predicted molar refractivity (Wildman–Crippen MR) is 71.2 cm³/mol. The van der Waals surface area contributed by atoms with Gasteiger partial charge in [0.05, 0.1) is 27.4 Å². The lowest BCUT2D eigenvalue weighted by molar-refractivity contribution is 0.321. The number of rotatable bonds is 5. The molecule has 0 aliphatic rings. The molecule has 1 aromatic heterocycles. The molecule has 0 saturated heterocycles. The van der Waals surface area contributed by atoms with Crippen molar-refractivity contribution in [1.82, 2.24) is 10.1 Å². The molecule has 2 N–H and O–H groups in total. The Labute approximate surface area is 116 Å². The van der Waals surface area contributed by atoms with Gasteiger partial charge in [0.15, 0.2) is 17.3 Å². The molecule has 0 saturated carbocycles. The maximum absolute atomic E-state index is 6.16. The summed E-state index contributed by atoms with van der Waals surface area (Å²) in [5.41, 5.74) is 6.85. The molecule has 1 heterocycles. The van der Waals surface area contributed by atoms with E-state index in [9.17, 15) is 0 Å². The predicted octanol–water partition coefficient (Wildman–Crippen LogP) is 1.45. The van der Waals surface area contributed by atoms with Crippen molar-refractivity contribution in [2.75, 3.05) is 21.3 Å². The number of nitrogens with zero attached hydrogens (tertiary/aromatic N) is 2. The van der Waals surface area contributed by atoms with Crippen molar-refractivity contribution < 1.29 is 18.7 Å². The molecule has 2 aromatic rings. The molecule has 0 aliphatic carbocycles. The van der Waals surface area contributed by atoms with Crippen molar-refractivity contribution in [3.05, 3.63) is 29.4 Å². The van der Waals surface area contributed by atoms with Crippen LogP contribution >= 0.6 is 0 Å². The highest BCUT2D eigenvalue weighted by Crippen LogP contribution is 2.42. The fourth-order valence-corrected chi connectivity index (χ4v) is 1.95. The van der Waals surface area contributed by atoms with E-state index >= 15 is 0 Å². The molecule has 0 fully saturated rings. The summed E-state index contributed by atoms with van der Waals surface area (Å²) >= 11 is 0. The van der Waals surface area contributed by atoms with E-state index in [4.69, 9.17) is 24.5 Å². The van der Waals surface area contributed by atoms with Gasteiger partial charge in [-0.05, 0) is 12.1 Å². The molecule has 0 aliphatic heterocycles. The van der Waals surface area contributed by atoms with Crippen LogP contribution < -0.4 is 19.9 Å². The van der Waals surface area contributed by atoms with Gasteiger partial charge in [-0.2, -0.15) is 4.98 Å². The zero-order valence-electron chi connectivity index (χ0n) is 11.8. The largest absolute Gasteiger partial charge is 0.493 e. The maximum Gasteiger partial charge on any atom is 0.223 e. The average Bonchev–Trinajstić information content (AvgIpc) is 2.91. The third-order valence-corrected chi connectivity index (χ3v) is 2.89. The van der Waals surface area contributed by atoms with Crippen molar-refractivity contribution in [3.8, 4) is 17.2 Å². The van der Waals surface area contributed by atoms with E-state index in [0.29, 0.717) is 34.5 Å². The lowest BCUT2D eigenvalue weighted by atomic mass is 10.0. The number of methoxy groups -OCH3 is 3. The molecule has 0 amide bonds. The highest BCUT2D eigenvalue weighted by molar-refractivity contribution is 5.57. The van der Waals surface area contributed by atoms with Gasteiger partial charge < -0.3 is 24.5 Å². The zero-order chi connectivity index (χ0) is 14.7. The zero-order valence-corrected chi connectivity index (χ0v) is 11.8. The van der Waals surface area contributed by atoms with Crippen LogP contribution in [0.5, 0.6) is 17.2 Å². The summed E-state index contributed by atoms with van der Waals surface area (Å²) in [7, 11) is 4.63. The Kier molecular flexibility index (Phi) is 4.09. The summed E-state index contributed by atoms with van der Waals surface area (Å²) in [6.45, 7) is 1.70. The first-order valence-electron chi connectivity index (χ1n) is 5.97. The van der Waals surface area contributed by atoms with Crippen molar-refractivity contribution in [2.24, 2.45) is 5.73 Å². The topological polar surface area (TPSA) is 92.6 Å². The van der Waals surface area contributed by atoms with Crippen LogP contribution in [0, 0.1) is 6.92 Å². The van der Waals surface area contributed by atoms with Crippen LogP contribution in [0.4, 0.5) is 0 Å². The molecule has 7 nitrogen and oxygen atoms in total. The fourth-order valence-electron chi connectivity index (χ4n) is 1.95. The average molecular weight is 279 g/mol. The molecule has 20 heavy (non-hydrogen) atoms. The van der Waals surface area contributed by atoms with Gasteiger partial charge in [0.2, 0.25) is 11.6 Å². The van der Waals surface area contributed by atoms with Crippen molar-refractivity contribution in [3.63, 3.8) is 0 Å². The van der Waals surface area contributed by atoms with Gasteiger partial charge in [0.25, 0.3) is 0 Å². The molecule has 1 unspecified atom stereocenters. The lowest BCUT2D eigenvalue weighted by Gasteiger charge is -2.17. The van der Waals surface area contributed by atoms with Crippen molar-refractivity contribution >= 4 is 0 Å². The Morgan fingerprint density at radius 2 is 1.80 bits per heavy atom. The quantitative estimate of drug-likeness (QED) is 0.885. The minimum absolute atomic E-state index is 0.382. The number of nitrogens with two attached hydrogens (primary N) is 1. The Balaban J connectivity index is 2.51. The SMILES string of the molecule is COc1ccc(C(N)c2noc(C)n2)c(OC)c1OC. The standard InChI is InChI=1S/C13H17N3O4/c1-7-15-13(16-20-7)10(14)8-5-6-9(17-2)12(19-4)11(8)18-3/h5-6,10H,14H2,1-4H3. The summed E-state index contributed by atoms with van der Waals surface area (Å²) in [4.78, 5) is 4.13. The highest BCUT2D eigenvalue weighted by atomic mass is 16.5. The van der Waals surface area contributed by atoms with E-state index in [1.807, 2.05) is 0 Å². The van der Waals surface area contributed by atoms with Gasteiger partial charge in [-0.3, -0.25) is 0 Å². The van der Waals surface area contributed by atoms with Crippen LogP contribution in [0.1, 0.15) is 23.3 Å². The van der Waals surface area contributed by atoms with E-state index in [2.05, 4.69) is 10.1 Å². The second kappa shape index (κ2) is 5.79. The molecule has 1 aromatic carbocycles. The summed E-state index contributed by atoms with van der Waals surface area (Å²) in [6, 6.07) is 2.96. The molecule has 0 bridgehead atoms. The Hall–Kier alpha value is -2.28. The van der Waals surface area contributed by atoms with Gasteiger partial charge in [0.1, 0.15) is 0 Å². The summed E-state index contributed by atoms with van der Waals surface area (Å²) in [6.07, 6.45) is 0. The minimum Gasteiger partial charge on any atom is -0.493 e. The number of aryl methyl sites for hydroxylation is 1. The van der Waals surface area contributed by atoms with Gasteiger partial charge in [-0.25, -0.2) is 0 Å². The van der Waals surface area contributed by atoms with Crippen LogP contribution in [-0.2, 0) is 0 Å². The van der Waals surface area contributed by atoms with Gasteiger partial charge in [-0.1, -0.05) is 5.16 Å². The van der Waals surface area contributed by atoms with Gasteiger partial charge >= 0.3 is 0 Å². The van der Waals surface area contributed by atoms with Crippen LogP contribution in [0.3, 0.4) is 0 Å². The third-order valence-electron chi connectivity index (χ3n) is 2.89. The first-order chi connectivity index (χ1) is 9.62. The molecular formula is C13H17N3O4. The Bertz CT molecular complexity index is 597. The first kappa shape index (κ1) is 14.1. The van der Waals surface area contributed by atoms with Crippen LogP contribution in [-0.4, -0.2) is 31.5 Å². The van der Waals surface area contributed by atoms with Crippen LogP contribution in [0.25, 0.3) is 0 Å². The number of hydrogen-bond donors (Lipinski definition) is 1. The van der Waals surface area contributed by atoms with Crippen molar-refractivity contribution in [1.29, 1.82) is 0 Å². The van der Waals surface area contributed by atoms with E-state index in [0.717, 1.165) is 0 Å². The number of benzene rings is 1. The van der Waals surface area contributed by atoms with Crippen LogP contribution in [0.2, 0.25) is 0 Å². The smallest absolute Gasteiger partial charge is 0.223 e. The molecule has 7 heteroatoms. The van der Waals surface area contributed by atoms with Crippen molar-refractivity contribution in [2.45, 2.75) is 13.0 Å². The molecule has 108 valence electrons.